The molecule has 0 spiro atoms. The summed E-state index contributed by atoms with van der Waals surface area (Å²) in [6, 6.07) is 2.16. The molecule has 3 rings (SSSR count). The smallest absolute Gasteiger partial charge is 0.431 e. The molecule has 1 aromatic carbocycles. The van der Waals surface area contributed by atoms with Crippen LogP contribution in [-0.2, 0) is 13.2 Å². The lowest BCUT2D eigenvalue weighted by Crippen LogP contribution is -2.41. The molecular weight excluding hydrogens is 448 g/mol. The Kier molecular flexibility index (Phi) is 6.86. The van der Waals surface area contributed by atoms with Crippen LogP contribution in [0.15, 0.2) is 27.8 Å². The predicted octanol–water partition coefficient (Wildman–Crippen LogP) is 4.75. The highest BCUT2D eigenvalue weighted by atomic mass is 35.5. The van der Waals surface area contributed by atoms with Gasteiger partial charge in [0.25, 0.3) is 5.56 Å². The minimum Gasteiger partial charge on any atom is -0.481 e. The fraction of sp³-hybridized carbons (Fsp3) is 0.474. The number of aromatic nitrogens is 2. The average Bonchev–Trinajstić information content (AvgIpc) is 2.67. The van der Waals surface area contributed by atoms with Crippen molar-refractivity contribution in [3.63, 3.8) is 0 Å². The maximum absolute atomic E-state index is 14.5. The Morgan fingerprint density at radius 3 is 2.47 bits per heavy atom. The molecule has 0 aliphatic heterocycles. The predicted molar refractivity (Wildman–Crippen MR) is 107 cm³/mol. The lowest BCUT2D eigenvalue weighted by molar-refractivity contribution is -0.144. The van der Waals surface area contributed by atoms with Crippen LogP contribution in [0, 0.1) is 5.82 Å². The summed E-state index contributed by atoms with van der Waals surface area (Å²) < 4.78 is 59.7. The Morgan fingerprint density at radius 2 is 1.83 bits per heavy atom. The highest BCUT2D eigenvalue weighted by Gasteiger charge is 2.35. The van der Waals surface area contributed by atoms with Crippen LogP contribution in [0.3, 0.4) is 0 Å². The molecule has 0 amide bonds. The molecule has 1 heterocycles. The third-order valence-corrected chi connectivity index (χ3v) is 6.42. The van der Waals surface area contributed by atoms with E-state index in [0.29, 0.717) is 9.82 Å². The maximum atomic E-state index is 14.5. The van der Waals surface area contributed by atoms with Crippen LogP contribution in [-0.4, -0.2) is 20.3 Å². The van der Waals surface area contributed by atoms with E-state index in [0.717, 1.165) is 44.9 Å². The van der Waals surface area contributed by atoms with Crippen molar-refractivity contribution in [3.05, 3.63) is 55.6 Å². The molecule has 1 aliphatic carbocycles. The molecule has 2 aromatic rings. The minimum atomic E-state index is -4.91. The first-order chi connectivity index (χ1) is 14.1. The number of rotatable bonds is 5. The molecule has 0 radical (unpaired) electrons. The lowest BCUT2D eigenvalue weighted by Gasteiger charge is -2.21. The second kappa shape index (κ2) is 9.05. The van der Waals surface area contributed by atoms with Crippen LogP contribution in [0.2, 0.25) is 5.02 Å². The van der Waals surface area contributed by atoms with Gasteiger partial charge in [0.1, 0.15) is 23.2 Å². The van der Waals surface area contributed by atoms with E-state index >= 15 is 0 Å². The van der Waals surface area contributed by atoms with Crippen molar-refractivity contribution in [2.75, 3.05) is 5.94 Å². The van der Waals surface area contributed by atoms with E-state index in [9.17, 15) is 27.2 Å². The molecule has 5 nitrogen and oxygen atoms in total. The van der Waals surface area contributed by atoms with Crippen molar-refractivity contribution in [1.29, 1.82) is 0 Å². The Balaban J connectivity index is 1.93. The Morgan fingerprint density at radius 1 is 1.17 bits per heavy atom. The quantitative estimate of drug-likeness (QED) is 0.471. The first kappa shape index (κ1) is 22.7. The monoisotopic (exact) mass is 466 g/mol. The largest absolute Gasteiger partial charge is 0.481 e. The normalized spacial score (nSPS) is 15.4. The Labute approximate surface area is 178 Å². The molecule has 164 valence electrons. The Bertz CT molecular complexity index is 1050. The number of benzene rings is 1. The van der Waals surface area contributed by atoms with Crippen LogP contribution in [0.5, 0.6) is 5.75 Å². The summed E-state index contributed by atoms with van der Waals surface area (Å²) in [6.45, 7) is 0. The van der Waals surface area contributed by atoms with Gasteiger partial charge in [0.2, 0.25) is 0 Å². The van der Waals surface area contributed by atoms with Crippen molar-refractivity contribution in [1.82, 2.24) is 9.13 Å². The van der Waals surface area contributed by atoms with Gasteiger partial charge in [-0.05, 0) is 18.9 Å². The van der Waals surface area contributed by atoms with Gasteiger partial charge in [0.15, 0.2) is 0 Å². The SMILES string of the molecule is Cn1c(C(F)(F)F)cc(=O)n(-c2cc(OCSC3CCCCC3)c(Cl)cc2F)c1=O. The molecule has 1 saturated carbocycles. The molecule has 0 atom stereocenters. The molecular formula is C19H19ClF4N2O3S. The van der Waals surface area contributed by atoms with E-state index in [-0.39, 0.29) is 27.3 Å². The van der Waals surface area contributed by atoms with Gasteiger partial charge in [0, 0.05) is 24.4 Å². The zero-order chi connectivity index (χ0) is 22.1. The first-order valence-corrected chi connectivity index (χ1v) is 10.7. The average molecular weight is 467 g/mol. The number of ether oxygens (including phenoxy) is 1. The topological polar surface area (TPSA) is 53.2 Å². The summed E-state index contributed by atoms with van der Waals surface area (Å²) in [7, 11) is 0.854. The number of hydrogen-bond donors (Lipinski definition) is 0. The van der Waals surface area contributed by atoms with E-state index in [2.05, 4.69) is 0 Å². The van der Waals surface area contributed by atoms with Crippen LogP contribution >= 0.6 is 23.4 Å². The minimum absolute atomic E-state index is 0.0326. The van der Waals surface area contributed by atoms with Gasteiger partial charge in [-0.25, -0.2) is 13.8 Å². The van der Waals surface area contributed by atoms with E-state index in [1.54, 1.807) is 11.8 Å². The van der Waals surface area contributed by atoms with Gasteiger partial charge in [-0.3, -0.25) is 9.36 Å². The summed E-state index contributed by atoms with van der Waals surface area (Å²) in [5.41, 5.74) is -4.60. The molecule has 0 N–H and O–H groups in total. The van der Waals surface area contributed by atoms with Crippen molar-refractivity contribution >= 4 is 23.4 Å². The summed E-state index contributed by atoms with van der Waals surface area (Å²) >= 11 is 7.60. The Hall–Kier alpha value is -1.94. The van der Waals surface area contributed by atoms with Crippen LogP contribution in [0.25, 0.3) is 5.69 Å². The molecule has 30 heavy (non-hydrogen) atoms. The zero-order valence-electron chi connectivity index (χ0n) is 16.0. The van der Waals surface area contributed by atoms with Crippen LogP contribution < -0.4 is 16.0 Å². The van der Waals surface area contributed by atoms with Gasteiger partial charge in [-0.2, -0.15) is 13.2 Å². The number of hydrogen-bond acceptors (Lipinski definition) is 4. The summed E-state index contributed by atoms with van der Waals surface area (Å²) in [5.74, 6) is -0.772. The second-order valence-corrected chi connectivity index (χ2v) is 8.61. The van der Waals surface area contributed by atoms with Crippen molar-refractivity contribution in [2.45, 2.75) is 43.5 Å². The third kappa shape index (κ3) is 4.85. The fourth-order valence-corrected chi connectivity index (χ4v) is 4.60. The van der Waals surface area contributed by atoms with E-state index < -0.39 is 34.6 Å². The second-order valence-electron chi connectivity index (χ2n) is 6.97. The summed E-state index contributed by atoms with van der Waals surface area (Å²) in [5, 5.41) is 0.375. The van der Waals surface area contributed by atoms with E-state index in [4.69, 9.17) is 16.3 Å². The van der Waals surface area contributed by atoms with Gasteiger partial charge in [0.05, 0.1) is 10.7 Å². The summed E-state index contributed by atoms with van der Waals surface area (Å²) in [4.78, 5) is 24.6. The molecule has 1 aromatic heterocycles. The number of alkyl halides is 3. The highest BCUT2D eigenvalue weighted by molar-refractivity contribution is 7.99. The van der Waals surface area contributed by atoms with Crippen LogP contribution in [0.4, 0.5) is 17.6 Å². The van der Waals surface area contributed by atoms with Crippen LogP contribution in [0.1, 0.15) is 37.8 Å². The maximum Gasteiger partial charge on any atom is 0.431 e. The third-order valence-electron chi connectivity index (χ3n) is 4.92. The standard InChI is InChI=1S/C19H19ClF4N2O3S/c1-25-16(19(22,23)24)9-17(27)26(18(25)28)14-8-15(12(20)7-13(14)21)29-10-30-11-5-3-2-4-6-11/h7-9,11H,2-6,10H2,1H3. The molecule has 1 aliphatic rings. The molecule has 1 fully saturated rings. The number of thioether (sulfide) groups is 1. The highest BCUT2D eigenvalue weighted by Crippen LogP contribution is 2.33. The van der Waals surface area contributed by atoms with Gasteiger partial charge in [-0.15, -0.1) is 11.8 Å². The molecule has 11 heteroatoms. The number of halogens is 5. The van der Waals surface area contributed by atoms with Crippen molar-refractivity contribution < 1.29 is 22.3 Å². The zero-order valence-corrected chi connectivity index (χ0v) is 17.5. The lowest BCUT2D eigenvalue weighted by atomic mass is 10.0. The molecule has 0 saturated heterocycles. The van der Waals surface area contributed by atoms with Gasteiger partial charge in [-0.1, -0.05) is 30.9 Å². The van der Waals surface area contributed by atoms with Gasteiger partial charge >= 0.3 is 11.9 Å². The van der Waals surface area contributed by atoms with Gasteiger partial charge < -0.3 is 4.74 Å². The molecule has 0 bridgehead atoms. The van der Waals surface area contributed by atoms with Crippen molar-refractivity contribution in [3.8, 4) is 11.4 Å². The van der Waals surface area contributed by atoms with E-state index in [1.807, 2.05) is 0 Å². The van der Waals surface area contributed by atoms with E-state index in [1.165, 1.54) is 6.42 Å². The fourth-order valence-electron chi connectivity index (χ4n) is 3.35. The number of nitrogens with zero attached hydrogens (tertiary/aromatic N) is 2. The molecule has 0 unspecified atom stereocenters. The van der Waals surface area contributed by atoms with Crippen molar-refractivity contribution in [2.24, 2.45) is 7.05 Å². The first-order valence-electron chi connectivity index (χ1n) is 9.23. The summed E-state index contributed by atoms with van der Waals surface area (Å²) in [6.07, 6.45) is 0.760.